The average molecular weight is 153 g/mol. The van der Waals surface area contributed by atoms with Crippen molar-refractivity contribution in [2.75, 3.05) is 0 Å². The maximum atomic E-state index is 4.17. The molecule has 0 aliphatic heterocycles. The van der Waals surface area contributed by atoms with Gasteiger partial charge in [0.2, 0.25) is 0 Å². The molecule has 0 aromatic rings. The van der Waals surface area contributed by atoms with Crippen LogP contribution in [0, 0.1) is 11.8 Å². The van der Waals surface area contributed by atoms with E-state index in [0.717, 1.165) is 5.92 Å². The van der Waals surface area contributed by atoms with Crippen LogP contribution >= 0.6 is 0 Å². The van der Waals surface area contributed by atoms with Crippen LogP contribution < -0.4 is 0 Å². The van der Waals surface area contributed by atoms with Gasteiger partial charge in [0.1, 0.15) is 0 Å². The Labute approximate surface area is 69.9 Å². The number of hydrogen-bond donors (Lipinski definition) is 0. The van der Waals surface area contributed by atoms with Crippen LogP contribution in [0.1, 0.15) is 40.0 Å². The average Bonchev–Trinajstić information content (AvgIpc) is 1.84. The minimum absolute atomic E-state index is 0.0884. The van der Waals surface area contributed by atoms with Gasteiger partial charge >= 0.3 is 0 Å². The van der Waals surface area contributed by atoms with Crippen molar-refractivity contribution in [3.8, 4) is 0 Å². The number of aliphatic imine (C=N–C) groups is 1. The molecule has 0 heterocycles. The van der Waals surface area contributed by atoms with Crippen molar-refractivity contribution in [1.82, 2.24) is 0 Å². The summed E-state index contributed by atoms with van der Waals surface area (Å²) < 4.78 is 0. The quantitative estimate of drug-likeness (QED) is 0.553. The third-order valence-corrected chi connectivity index (χ3v) is 3.38. The molecule has 0 spiro atoms. The first-order valence-corrected chi connectivity index (χ1v) is 4.56. The van der Waals surface area contributed by atoms with Crippen molar-refractivity contribution in [3.63, 3.8) is 0 Å². The third-order valence-electron chi connectivity index (χ3n) is 3.38. The first-order chi connectivity index (χ1) is 5.08. The molecule has 0 bridgehead atoms. The van der Waals surface area contributed by atoms with Gasteiger partial charge in [0.25, 0.3) is 0 Å². The first-order valence-electron chi connectivity index (χ1n) is 4.56. The summed E-state index contributed by atoms with van der Waals surface area (Å²) in [5.41, 5.74) is 0.0884. The molecule has 0 N–H and O–H groups in total. The summed E-state index contributed by atoms with van der Waals surface area (Å²) in [6.45, 7) is 10.3. The Morgan fingerprint density at radius 2 is 2.00 bits per heavy atom. The Morgan fingerprint density at radius 3 is 2.27 bits per heavy atom. The van der Waals surface area contributed by atoms with E-state index in [9.17, 15) is 0 Å². The molecule has 11 heavy (non-hydrogen) atoms. The molecule has 1 aliphatic rings. The molecule has 0 radical (unpaired) electrons. The summed E-state index contributed by atoms with van der Waals surface area (Å²) >= 11 is 0. The Hall–Kier alpha value is -0.330. The van der Waals surface area contributed by atoms with Gasteiger partial charge < -0.3 is 0 Å². The summed E-state index contributed by atoms with van der Waals surface area (Å²) in [6.07, 6.45) is 4.22. The van der Waals surface area contributed by atoms with Gasteiger partial charge in [-0.2, -0.15) is 0 Å². The summed E-state index contributed by atoms with van der Waals surface area (Å²) in [4.78, 5) is 4.17. The van der Waals surface area contributed by atoms with Gasteiger partial charge in [-0.05, 0) is 32.4 Å². The Balaban J connectivity index is 2.50. The monoisotopic (exact) mass is 153 g/mol. The highest BCUT2D eigenvalue weighted by Gasteiger charge is 2.33. The molecule has 0 unspecified atom stereocenters. The third kappa shape index (κ3) is 1.63. The molecule has 0 aromatic heterocycles. The molecule has 0 aromatic carbocycles. The van der Waals surface area contributed by atoms with Crippen molar-refractivity contribution in [1.29, 1.82) is 0 Å². The molecule has 1 aliphatic carbocycles. The summed E-state index contributed by atoms with van der Waals surface area (Å²) in [5.74, 6) is 1.62. The molecular weight excluding hydrogens is 134 g/mol. The highest BCUT2D eigenvalue weighted by Crippen LogP contribution is 2.39. The van der Waals surface area contributed by atoms with E-state index < -0.39 is 0 Å². The second kappa shape index (κ2) is 2.96. The van der Waals surface area contributed by atoms with E-state index in [-0.39, 0.29) is 5.54 Å². The lowest BCUT2D eigenvalue weighted by molar-refractivity contribution is 0.156. The summed E-state index contributed by atoms with van der Waals surface area (Å²) in [6, 6.07) is 0. The molecule has 0 saturated heterocycles. The van der Waals surface area contributed by atoms with Crippen LogP contribution in [0.5, 0.6) is 0 Å². The summed E-state index contributed by atoms with van der Waals surface area (Å²) in [7, 11) is 0. The molecule has 1 saturated carbocycles. The lowest BCUT2D eigenvalue weighted by Crippen LogP contribution is -2.35. The van der Waals surface area contributed by atoms with Gasteiger partial charge in [-0.3, -0.25) is 4.99 Å². The van der Waals surface area contributed by atoms with Crippen molar-refractivity contribution in [3.05, 3.63) is 0 Å². The van der Waals surface area contributed by atoms with Crippen LogP contribution in [0.25, 0.3) is 0 Å². The number of hydrogen-bond acceptors (Lipinski definition) is 1. The van der Waals surface area contributed by atoms with Gasteiger partial charge in [-0.25, -0.2) is 0 Å². The Morgan fingerprint density at radius 1 is 1.45 bits per heavy atom. The molecule has 1 rings (SSSR count). The van der Waals surface area contributed by atoms with Crippen LogP contribution in [0.4, 0.5) is 0 Å². The van der Waals surface area contributed by atoms with E-state index >= 15 is 0 Å². The molecule has 1 nitrogen and oxygen atoms in total. The minimum Gasteiger partial charge on any atom is -0.295 e. The predicted octanol–water partition coefficient (Wildman–Crippen LogP) is 2.90. The normalized spacial score (nSPS) is 22.5. The maximum absolute atomic E-state index is 4.17. The molecule has 1 atom stereocenters. The zero-order chi connectivity index (χ0) is 8.48. The Kier molecular flexibility index (Phi) is 2.36. The first kappa shape index (κ1) is 8.76. The molecule has 0 amide bonds. The van der Waals surface area contributed by atoms with Crippen molar-refractivity contribution >= 4 is 6.72 Å². The second-order valence-corrected chi connectivity index (χ2v) is 4.29. The van der Waals surface area contributed by atoms with Crippen LogP contribution in [0.15, 0.2) is 4.99 Å². The van der Waals surface area contributed by atoms with Crippen LogP contribution in [-0.2, 0) is 0 Å². The van der Waals surface area contributed by atoms with Gasteiger partial charge in [-0.1, -0.05) is 26.2 Å². The highest BCUT2D eigenvalue weighted by molar-refractivity contribution is 5.25. The van der Waals surface area contributed by atoms with E-state index in [0.29, 0.717) is 5.92 Å². The zero-order valence-electron chi connectivity index (χ0n) is 7.93. The molecular formula is C10H19N. The van der Waals surface area contributed by atoms with Gasteiger partial charge in [0.15, 0.2) is 0 Å². The van der Waals surface area contributed by atoms with Crippen molar-refractivity contribution < 1.29 is 0 Å². The largest absolute Gasteiger partial charge is 0.295 e. The lowest BCUT2D eigenvalue weighted by Gasteiger charge is -2.39. The van der Waals surface area contributed by atoms with Gasteiger partial charge in [0, 0.05) is 0 Å². The van der Waals surface area contributed by atoms with Gasteiger partial charge in [-0.15, -0.1) is 0 Å². The highest BCUT2D eigenvalue weighted by atomic mass is 14.8. The molecule has 1 fully saturated rings. The smallest absolute Gasteiger partial charge is 0.0573 e. The van der Waals surface area contributed by atoms with Crippen LogP contribution in [0.3, 0.4) is 0 Å². The van der Waals surface area contributed by atoms with E-state index in [1.165, 1.54) is 19.3 Å². The second-order valence-electron chi connectivity index (χ2n) is 4.29. The van der Waals surface area contributed by atoms with Crippen LogP contribution in [-0.4, -0.2) is 12.3 Å². The molecule has 64 valence electrons. The fraction of sp³-hybridized carbons (Fsp3) is 0.900. The standard InChI is InChI=1S/C10H19N/c1-8(9-6-5-7-9)10(2,3)11-4/h8-9H,4-7H2,1-3H3/t8-/m1/s1. The number of nitrogens with zero attached hydrogens (tertiary/aromatic N) is 1. The predicted molar refractivity (Wildman–Crippen MR) is 50.1 cm³/mol. The topological polar surface area (TPSA) is 12.4 Å². The summed E-state index contributed by atoms with van der Waals surface area (Å²) in [5, 5.41) is 0. The van der Waals surface area contributed by atoms with E-state index in [2.05, 4.69) is 32.5 Å². The lowest BCUT2D eigenvalue weighted by atomic mass is 9.69. The fourth-order valence-corrected chi connectivity index (χ4v) is 1.66. The molecule has 1 heteroatoms. The fourth-order valence-electron chi connectivity index (χ4n) is 1.66. The van der Waals surface area contributed by atoms with E-state index in [4.69, 9.17) is 0 Å². The van der Waals surface area contributed by atoms with E-state index in [1.807, 2.05) is 0 Å². The number of rotatable bonds is 3. The van der Waals surface area contributed by atoms with Crippen molar-refractivity contribution in [2.45, 2.75) is 45.6 Å². The maximum Gasteiger partial charge on any atom is 0.0573 e. The SMILES string of the molecule is C=NC(C)(C)[C@H](C)C1CCC1. The minimum atomic E-state index is 0.0884. The van der Waals surface area contributed by atoms with Crippen molar-refractivity contribution in [2.24, 2.45) is 16.8 Å². The van der Waals surface area contributed by atoms with E-state index in [1.54, 1.807) is 0 Å². The zero-order valence-corrected chi connectivity index (χ0v) is 7.93. The Bertz CT molecular complexity index is 145. The van der Waals surface area contributed by atoms with Crippen LogP contribution in [0.2, 0.25) is 0 Å². The van der Waals surface area contributed by atoms with Gasteiger partial charge in [0.05, 0.1) is 5.54 Å².